The number of rotatable bonds is 5. The number of hydrogen-bond donors (Lipinski definition) is 0. The molecule has 126 valence electrons. The lowest BCUT2D eigenvalue weighted by Crippen LogP contribution is -2.46. The summed E-state index contributed by atoms with van der Waals surface area (Å²) in [6.07, 6.45) is 3.45. The Labute approximate surface area is 141 Å². The van der Waals surface area contributed by atoms with Crippen LogP contribution in [0.15, 0.2) is 60.7 Å². The zero-order chi connectivity index (χ0) is 16.8. The molecule has 0 saturated carbocycles. The first-order valence-corrected chi connectivity index (χ1v) is 7.98. The van der Waals surface area contributed by atoms with Crippen molar-refractivity contribution in [2.24, 2.45) is 0 Å². The predicted molar refractivity (Wildman–Crippen MR) is 90.8 cm³/mol. The Kier molecular flexibility index (Phi) is 5.41. The minimum Gasteiger partial charge on any atom is -0.366 e. The van der Waals surface area contributed by atoms with Crippen molar-refractivity contribution in [3.8, 4) is 0 Å². The van der Waals surface area contributed by atoms with Crippen molar-refractivity contribution in [1.29, 1.82) is 0 Å². The van der Waals surface area contributed by atoms with Crippen LogP contribution in [0.5, 0.6) is 0 Å². The van der Waals surface area contributed by atoms with Gasteiger partial charge in [0.25, 0.3) is 0 Å². The van der Waals surface area contributed by atoms with E-state index in [2.05, 4.69) is 0 Å². The van der Waals surface area contributed by atoms with Crippen molar-refractivity contribution in [3.05, 3.63) is 77.6 Å². The molecule has 2 aromatic carbocycles. The molecule has 1 heterocycles. The summed E-state index contributed by atoms with van der Waals surface area (Å²) in [4.78, 5) is 0. The second-order valence-corrected chi connectivity index (χ2v) is 6.09. The van der Waals surface area contributed by atoms with E-state index < -0.39 is 11.9 Å². The van der Waals surface area contributed by atoms with Gasteiger partial charge in [0.2, 0.25) is 0 Å². The summed E-state index contributed by atoms with van der Waals surface area (Å²) in [6.45, 7) is 2.89. The Balaban J connectivity index is 1.50. The van der Waals surface area contributed by atoms with Crippen LogP contribution in [0.1, 0.15) is 18.1 Å². The van der Waals surface area contributed by atoms with E-state index in [-0.39, 0.29) is 12.4 Å². The van der Waals surface area contributed by atoms with Gasteiger partial charge >= 0.3 is 0 Å². The Morgan fingerprint density at radius 2 is 1.75 bits per heavy atom. The summed E-state index contributed by atoms with van der Waals surface area (Å²) in [5, 5.41) is 0. The lowest BCUT2D eigenvalue weighted by atomic mass is 10.1. The second kappa shape index (κ2) is 7.71. The van der Waals surface area contributed by atoms with Gasteiger partial charge in [-0.2, -0.15) is 0 Å². The van der Waals surface area contributed by atoms with Gasteiger partial charge < -0.3 is 14.2 Å². The van der Waals surface area contributed by atoms with Crippen LogP contribution in [-0.4, -0.2) is 25.1 Å². The van der Waals surface area contributed by atoms with Crippen molar-refractivity contribution in [1.82, 2.24) is 0 Å². The van der Waals surface area contributed by atoms with Crippen molar-refractivity contribution >= 4 is 6.08 Å². The molecule has 0 unspecified atom stereocenters. The summed E-state index contributed by atoms with van der Waals surface area (Å²) >= 11 is 0. The van der Waals surface area contributed by atoms with E-state index in [0.717, 1.165) is 5.56 Å². The number of benzene rings is 2. The summed E-state index contributed by atoms with van der Waals surface area (Å²) in [5.41, 5.74) is 1.04. The fourth-order valence-electron chi connectivity index (χ4n) is 2.42. The third-order valence-electron chi connectivity index (χ3n) is 3.89. The molecule has 1 saturated heterocycles. The molecule has 1 aliphatic rings. The Morgan fingerprint density at radius 1 is 1.08 bits per heavy atom. The number of ether oxygens (including phenoxy) is 3. The van der Waals surface area contributed by atoms with Crippen LogP contribution in [-0.2, 0) is 20.8 Å². The quantitative estimate of drug-likeness (QED) is 0.824. The third-order valence-corrected chi connectivity index (χ3v) is 3.89. The standard InChI is InChI=1S/C20H21FO3/c1-20(24-13-17-9-5-6-10-18(17)21)14-22-19(23-15-20)12-11-16-7-3-2-4-8-16/h2-12,19H,13-15H2,1H3/b12-11+. The molecule has 0 spiro atoms. The molecule has 0 radical (unpaired) electrons. The van der Waals surface area contributed by atoms with E-state index in [0.29, 0.717) is 18.8 Å². The van der Waals surface area contributed by atoms with Gasteiger partial charge in [0.1, 0.15) is 11.4 Å². The lowest BCUT2D eigenvalue weighted by molar-refractivity contribution is -0.246. The summed E-state index contributed by atoms with van der Waals surface area (Å²) in [6, 6.07) is 16.6. The van der Waals surface area contributed by atoms with Crippen LogP contribution < -0.4 is 0 Å². The zero-order valence-corrected chi connectivity index (χ0v) is 13.7. The average Bonchev–Trinajstić information content (AvgIpc) is 2.62. The van der Waals surface area contributed by atoms with Crippen molar-refractivity contribution in [2.45, 2.75) is 25.4 Å². The largest absolute Gasteiger partial charge is 0.366 e. The average molecular weight is 328 g/mol. The highest BCUT2D eigenvalue weighted by Crippen LogP contribution is 2.22. The van der Waals surface area contributed by atoms with E-state index in [4.69, 9.17) is 14.2 Å². The maximum Gasteiger partial charge on any atom is 0.177 e. The smallest absolute Gasteiger partial charge is 0.177 e. The Bertz CT molecular complexity index is 676. The van der Waals surface area contributed by atoms with Crippen molar-refractivity contribution in [2.75, 3.05) is 13.2 Å². The van der Waals surface area contributed by atoms with E-state index in [1.165, 1.54) is 6.07 Å². The van der Waals surface area contributed by atoms with Gasteiger partial charge in [-0.15, -0.1) is 0 Å². The van der Waals surface area contributed by atoms with Gasteiger partial charge in [0.15, 0.2) is 6.29 Å². The molecule has 0 N–H and O–H groups in total. The molecule has 0 bridgehead atoms. The van der Waals surface area contributed by atoms with Crippen LogP contribution >= 0.6 is 0 Å². The first-order chi connectivity index (χ1) is 11.6. The highest BCUT2D eigenvalue weighted by atomic mass is 19.1. The Hall–Kier alpha value is -2.01. The van der Waals surface area contributed by atoms with Gasteiger partial charge in [-0.3, -0.25) is 0 Å². The topological polar surface area (TPSA) is 27.7 Å². The van der Waals surface area contributed by atoms with E-state index in [1.54, 1.807) is 18.2 Å². The second-order valence-electron chi connectivity index (χ2n) is 6.09. The molecular weight excluding hydrogens is 307 g/mol. The summed E-state index contributed by atoms with van der Waals surface area (Å²) < 4.78 is 30.9. The molecule has 1 aliphatic heterocycles. The van der Waals surface area contributed by atoms with Gasteiger partial charge in [0, 0.05) is 5.56 Å². The molecule has 1 fully saturated rings. The zero-order valence-electron chi connectivity index (χ0n) is 13.7. The van der Waals surface area contributed by atoms with Gasteiger partial charge in [-0.25, -0.2) is 4.39 Å². The fraction of sp³-hybridized carbons (Fsp3) is 0.300. The van der Waals surface area contributed by atoms with E-state index in [9.17, 15) is 4.39 Å². The number of halogens is 1. The van der Waals surface area contributed by atoms with Crippen LogP contribution in [0, 0.1) is 5.82 Å². The predicted octanol–water partition coefficient (Wildman–Crippen LogP) is 4.19. The van der Waals surface area contributed by atoms with Crippen molar-refractivity contribution in [3.63, 3.8) is 0 Å². The van der Waals surface area contributed by atoms with Crippen LogP contribution in [0.3, 0.4) is 0 Å². The molecule has 4 heteroatoms. The maximum atomic E-state index is 13.6. The van der Waals surface area contributed by atoms with Crippen LogP contribution in [0.25, 0.3) is 6.08 Å². The summed E-state index contributed by atoms with van der Waals surface area (Å²) in [7, 11) is 0. The normalized spacial score (nSPS) is 24.3. The SMILES string of the molecule is CC1(OCc2ccccc2F)COC(/C=C/c2ccccc2)OC1. The van der Waals surface area contributed by atoms with Crippen LogP contribution in [0.4, 0.5) is 4.39 Å². The number of hydrogen-bond acceptors (Lipinski definition) is 3. The van der Waals surface area contributed by atoms with Gasteiger partial charge in [0.05, 0.1) is 19.8 Å². The molecule has 3 nitrogen and oxygen atoms in total. The molecule has 0 atom stereocenters. The third kappa shape index (κ3) is 4.51. The monoisotopic (exact) mass is 328 g/mol. The Morgan fingerprint density at radius 3 is 2.46 bits per heavy atom. The molecule has 0 amide bonds. The molecule has 0 aromatic heterocycles. The van der Waals surface area contributed by atoms with E-state index >= 15 is 0 Å². The minimum atomic E-state index is -0.584. The van der Waals surface area contributed by atoms with Crippen molar-refractivity contribution < 1.29 is 18.6 Å². The minimum absolute atomic E-state index is 0.195. The lowest BCUT2D eigenvalue weighted by Gasteiger charge is -2.36. The molecule has 24 heavy (non-hydrogen) atoms. The molecule has 2 aromatic rings. The van der Waals surface area contributed by atoms with Gasteiger partial charge in [-0.05, 0) is 24.6 Å². The molecule has 0 aliphatic carbocycles. The van der Waals surface area contributed by atoms with Crippen LogP contribution in [0.2, 0.25) is 0 Å². The first-order valence-electron chi connectivity index (χ1n) is 7.98. The fourth-order valence-corrected chi connectivity index (χ4v) is 2.42. The maximum absolute atomic E-state index is 13.6. The summed E-state index contributed by atoms with van der Waals surface area (Å²) in [5.74, 6) is -0.262. The highest BCUT2D eigenvalue weighted by molar-refractivity contribution is 5.49. The highest BCUT2D eigenvalue weighted by Gasteiger charge is 2.33. The van der Waals surface area contributed by atoms with E-state index in [1.807, 2.05) is 49.4 Å². The van der Waals surface area contributed by atoms with Gasteiger partial charge in [-0.1, -0.05) is 54.6 Å². The molecular formula is C20H21FO3. The first kappa shape index (κ1) is 16.8. The molecule has 3 rings (SSSR count).